The molecule has 0 aliphatic heterocycles. The molecule has 0 bridgehead atoms. The second kappa shape index (κ2) is 9.42. The average molecular weight is 390 g/mol. The van der Waals surface area contributed by atoms with Crippen LogP contribution in [-0.2, 0) is 16.6 Å². The van der Waals surface area contributed by atoms with E-state index in [-0.39, 0.29) is 24.7 Å². The predicted molar refractivity (Wildman–Crippen MR) is 96.6 cm³/mol. The van der Waals surface area contributed by atoms with Gasteiger partial charge in [-0.2, -0.15) is 0 Å². The van der Waals surface area contributed by atoms with E-state index in [0.717, 1.165) is 6.26 Å². The molecule has 0 atom stereocenters. The molecular formula is C15H20ClN3O5S. The molecule has 1 heterocycles. The zero-order valence-electron chi connectivity index (χ0n) is 13.5. The summed E-state index contributed by atoms with van der Waals surface area (Å²) in [4.78, 5) is 12.1. The van der Waals surface area contributed by atoms with Crippen LogP contribution in [0.4, 0.5) is 5.69 Å². The molecule has 2 aromatic rings. The molecule has 25 heavy (non-hydrogen) atoms. The van der Waals surface area contributed by atoms with Crippen molar-refractivity contribution in [2.24, 2.45) is 5.73 Å². The Hall–Kier alpha value is -2.07. The molecule has 0 saturated carbocycles. The molecule has 1 aromatic carbocycles. The van der Waals surface area contributed by atoms with Crippen molar-refractivity contribution in [2.45, 2.75) is 6.54 Å². The first-order valence-electron chi connectivity index (χ1n) is 7.15. The second-order valence-corrected chi connectivity index (χ2v) is 6.81. The molecule has 1 amide bonds. The number of nitrogens with one attached hydrogen (secondary N) is 2. The number of hydrogen-bond acceptors (Lipinski definition) is 6. The molecule has 10 heteroatoms. The van der Waals surface area contributed by atoms with Crippen molar-refractivity contribution < 1.29 is 22.4 Å². The highest BCUT2D eigenvalue weighted by molar-refractivity contribution is 7.88. The average Bonchev–Trinajstić information content (AvgIpc) is 3.01. The van der Waals surface area contributed by atoms with Crippen molar-refractivity contribution in [1.82, 2.24) is 4.72 Å². The van der Waals surface area contributed by atoms with Gasteiger partial charge in [0.05, 0.1) is 12.8 Å². The molecule has 0 spiro atoms. The van der Waals surface area contributed by atoms with E-state index in [1.807, 2.05) is 0 Å². The number of ether oxygens (including phenoxy) is 1. The number of amides is 1. The van der Waals surface area contributed by atoms with Crippen LogP contribution in [0.15, 0.2) is 40.8 Å². The number of carbonyl (C=O) groups excluding carboxylic acids is 1. The SMILES string of the molecule is CS(=O)(=O)NCc1ccc(C(=O)Nc2ccc(OCCN)cc2)o1.Cl. The largest absolute Gasteiger partial charge is 0.492 e. The van der Waals surface area contributed by atoms with E-state index in [1.54, 1.807) is 24.3 Å². The standard InChI is InChI=1S/C15H19N3O5S.ClH/c1-24(20,21)17-10-13-6-7-14(23-13)15(19)18-11-2-4-12(5-3-11)22-9-8-16;/h2-7,17H,8-10,16H2,1H3,(H,18,19);1H. The van der Waals surface area contributed by atoms with E-state index in [2.05, 4.69) is 10.0 Å². The zero-order valence-corrected chi connectivity index (χ0v) is 15.2. The Labute approximate surface area is 152 Å². The van der Waals surface area contributed by atoms with Gasteiger partial charge in [-0.05, 0) is 36.4 Å². The minimum absolute atomic E-state index is 0. The third-order valence-electron chi connectivity index (χ3n) is 2.89. The van der Waals surface area contributed by atoms with Gasteiger partial charge in [0.2, 0.25) is 10.0 Å². The number of furan rings is 1. The van der Waals surface area contributed by atoms with Crippen molar-refractivity contribution in [3.8, 4) is 5.75 Å². The lowest BCUT2D eigenvalue weighted by Gasteiger charge is -2.06. The summed E-state index contributed by atoms with van der Waals surface area (Å²) in [5.41, 5.74) is 5.93. The minimum atomic E-state index is -3.32. The maximum atomic E-state index is 12.1. The number of sulfonamides is 1. The maximum Gasteiger partial charge on any atom is 0.291 e. The first-order chi connectivity index (χ1) is 11.4. The summed E-state index contributed by atoms with van der Waals surface area (Å²) in [6.07, 6.45) is 1.05. The number of nitrogens with two attached hydrogens (primary N) is 1. The summed E-state index contributed by atoms with van der Waals surface area (Å²) in [6.45, 7) is 0.829. The normalized spacial score (nSPS) is 10.8. The quantitative estimate of drug-likeness (QED) is 0.625. The van der Waals surface area contributed by atoms with Crippen molar-refractivity contribution in [2.75, 3.05) is 24.7 Å². The summed E-state index contributed by atoms with van der Waals surface area (Å²) in [6, 6.07) is 9.84. The molecule has 8 nitrogen and oxygen atoms in total. The number of halogens is 1. The van der Waals surface area contributed by atoms with Crippen LogP contribution in [0.1, 0.15) is 16.3 Å². The molecule has 2 rings (SSSR count). The molecule has 4 N–H and O–H groups in total. The van der Waals surface area contributed by atoms with E-state index in [9.17, 15) is 13.2 Å². The molecule has 1 aromatic heterocycles. The molecule has 0 fully saturated rings. The van der Waals surface area contributed by atoms with Gasteiger partial charge in [-0.15, -0.1) is 12.4 Å². The van der Waals surface area contributed by atoms with Gasteiger partial charge in [0, 0.05) is 12.2 Å². The van der Waals surface area contributed by atoms with Crippen LogP contribution in [0.25, 0.3) is 0 Å². The van der Waals surface area contributed by atoms with Crippen molar-refractivity contribution in [3.05, 3.63) is 47.9 Å². The van der Waals surface area contributed by atoms with Gasteiger partial charge in [0.15, 0.2) is 5.76 Å². The van der Waals surface area contributed by atoms with Crippen LogP contribution in [0, 0.1) is 0 Å². The number of rotatable bonds is 8. The Kier molecular flexibility index (Phi) is 7.91. The molecule has 138 valence electrons. The number of anilines is 1. The summed E-state index contributed by atoms with van der Waals surface area (Å²) in [5.74, 6) is 0.654. The van der Waals surface area contributed by atoms with E-state index >= 15 is 0 Å². The zero-order chi connectivity index (χ0) is 17.6. The van der Waals surface area contributed by atoms with Crippen LogP contribution in [0.5, 0.6) is 5.75 Å². The fourth-order valence-electron chi connectivity index (χ4n) is 1.80. The fraction of sp³-hybridized carbons (Fsp3) is 0.267. The lowest BCUT2D eigenvalue weighted by Crippen LogP contribution is -2.20. The van der Waals surface area contributed by atoms with Crippen LogP contribution in [0.3, 0.4) is 0 Å². The topological polar surface area (TPSA) is 124 Å². The minimum Gasteiger partial charge on any atom is -0.492 e. The maximum absolute atomic E-state index is 12.1. The highest BCUT2D eigenvalue weighted by atomic mass is 35.5. The van der Waals surface area contributed by atoms with Crippen LogP contribution in [-0.4, -0.2) is 33.7 Å². The van der Waals surface area contributed by atoms with E-state index < -0.39 is 15.9 Å². The van der Waals surface area contributed by atoms with Crippen LogP contribution < -0.4 is 20.5 Å². The Morgan fingerprint density at radius 3 is 2.48 bits per heavy atom. The third kappa shape index (κ3) is 7.14. The summed E-state index contributed by atoms with van der Waals surface area (Å²) in [5, 5.41) is 2.68. The van der Waals surface area contributed by atoms with Crippen molar-refractivity contribution in [1.29, 1.82) is 0 Å². The number of carbonyl (C=O) groups is 1. The van der Waals surface area contributed by atoms with E-state index in [4.69, 9.17) is 14.9 Å². The molecule has 0 aliphatic carbocycles. The lowest BCUT2D eigenvalue weighted by molar-refractivity contribution is 0.0995. The van der Waals surface area contributed by atoms with Crippen molar-refractivity contribution >= 4 is 34.0 Å². The van der Waals surface area contributed by atoms with Gasteiger partial charge in [-0.3, -0.25) is 4.79 Å². The molecule has 0 radical (unpaired) electrons. The summed E-state index contributed by atoms with van der Waals surface area (Å²) >= 11 is 0. The fourth-order valence-corrected chi connectivity index (χ4v) is 2.21. The first-order valence-corrected chi connectivity index (χ1v) is 9.04. The summed E-state index contributed by atoms with van der Waals surface area (Å²) in [7, 11) is -3.32. The Balaban J connectivity index is 0.00000312. The smallest absolute Gasteiger partial charge is 0.291 e. The highest BCUT2D eigenvalue weighted by Crippen LogP contribution is 2.17. The first kappa shape index (κ1) is 21.0. The number of hydrogen-bond donors (Lipinski definition) is 3. The van der Waals surface area contributed by atoms with Crippen molar-refractivity contribution in [3.63, 3.8) is 0 Å². The molecule has 0 aliphatic rings. The lowest BCUT2D eigenvalue weighted by atomic mass is 10.3. The van der Waals surface area contributed by atoms with Gasteiger partial charge in [-0.1, -0.05) is 0 Å². The van der Waals surface area contributed by atoms with E-state index in [1.165, 1.54) is 12.1 Å². The van der Waals surface area contributed by atoms with Crippen LogP contribution in [0.2, 0.25) is 0 Å². The van der Waals surface area contributed by atoms with Gasteiger partial charge in [0.25, 0.3) is 5.91 Å². The van der Waals surface area contributed by atoms with Gasteiger partial charge in [0.1, 0.15) is 18.1 Å². The van der Waals surface area contributed by atoms with Gasteiger partial charge in [-0.25, -0.2) is 13.1 Å². The van der Waals surface area contributed by atoms with Gasteiger partial charge >= 0.3 is 0 Å². The molecule has 0 saturated heterocycles. The van der Waals surface area contributed by atoms with E-state index in [0.29, 0.717) is 30.3 Å². The second-order valence-electron chi connectivity index (χ2n) is 4.97. The monoisotopic (exact) mass is 389 g/mol. The Bertz CT molecular complexity index is 790. The van der Waals surface area contributed by atoms with Crippen LogP contribution >= 0.6 is 12.4 Å². The summed E-state index contributed by atoms with van der Waals surface area (Å²) < 4.78 is 35.0. The molecule has 0 unspecified atom stereocenters. The highest BCUT2D eigenvalue weighted by Gasteiger charge is 2.12. The predicted octanol–water partition coefficient (Wildman–Crippen LogP) is 1.34. The number of benzene rings is 1. The molecular weight excluding hydrogens is 370 g/mol. The van der Waals surface area contributed by atoms with Gasteiger partial charge < -0.3 is 20.2 Å². The Morgan fingerprint density at radius 1 is 1.20 bits per heavy atom. The Morgan fingerprint density at radius 2 is 1.88 bits per heavy atom. The third-order valence-corrected chi connectivity index (χ3v) is 3.56.